The molecule has 0 aromatic carbocycles. The van der Waals surface area contributed by atoms with Gasteiger partial charge in [-0.25, -0.2) is 15.0 Å². The Kier molecular flexibility index (Phi) is 3.73. The molecule has 1 atom stereocenters. The zero-order valence-corrected chi connectivity index (χ0v) is 12.1. The van der Waals surface area contributed by atoms with Gasteiger partial charge in [0, 0.05) is 36.8 Å². The lowest BCUT2D eigenvalue weighted by Crippen LogP contribution is -2.39. The van der Waals surface area contributed by atoms with Gasteiger partial charge in [0.15, 0.2) is 0 Å². The summed E-state index contributed by atoms with van der Waals surface area (Å²) in [6.07, 6.45) is 7.03. The van der Waals surface area contributed by atoms with Crippen molar-refractivity contribution < 1.29 is 4.79 Å². The van der Waals surface area contributed by atoms with Crippen LogP contribution < -0.4 is 0 Å². The Morgan fingerprint density at radius 3 is 3.10 bits per heavy atom. The Hall–Kier alpha value is -1.82. The zero-order chi connectivity index (χ0) is 13.9. The van der Waals surface area contributed by atoms with Gasteiger partial charge >= 0.3 is 0 Å². The molecule has 3 heterocycles. The number of rotatable bonds is 2. The summed E-state index contributed by atoms with van der Waals surface area (Å²) >= 11 is 1.67. The van der Waals surface area contributed by atoms with Crippen molar-refractivity contribution in [1.29, 1.82) is 0 Å². The van der Waals surface area contributed by atoms with Gasteiger partial charge in [-0.3, -0.25) is 4.79 Å². The molecular formula is C14H16N4OS. The molecule has 0 saturated carbocycles. The molecule has 1 amide bonds. The fourth-order valence-corrected chi connectivity index (χ4v) is 3.34. The average Bonchev–Trinajstić information content (AvgIpc) is 3.01. The minimum Gasteiger partial charge on any atom is -0.338 e. The number of piperidine rings is 1. The molecule has 5 nitrogen and oxygen atoms in total. The summed E-state index contributed by atoms with van der Waals surface area (Å²) in [5.41, 5.74) is 1.34. The lowest BCUT2D eigenvalue weighted by Gasteiger charge is -2.32. The van der Waals surface area contributed by atoms with E-state index in [1.54, 1.807) is 17.5 Å². The highest BCUT2D eigenvalue weighted by molar-refractivity contribution is 7.09. The normalized spacial score (nSPS) is 19.1. The third-order valence-electron chi connectivity index (χ3n) is 3.65. The van der Waals surface area contributed by atoms with Gasteiger partial charge in [0.1, 0.15) is 6.33 Å². The summed E-state index contributed by atoms with van der Waals surface area (Å²) in [4.78, 5) is 26.9. The first kappa shape index (κ1) is 13.2. The molecule has 1 fully saturated rings. The van der Waals surface area contributed by atoms with Crippen molar-refractivity contribution in [3.8, 4) is 0 Å². The summed E-state index contributed by atoms with van der Waals surface area (Å²) in [6.45, 7) is 3.38. The van der Waals surface area contributed by atoms with Crippen molar-refractivity contribution in [2.45, 2.75) is 25.7 Å². The van der Waals surface area contributed by atoms with E-state index in [0.717, 1.165) is 36.6 Å². The summed E-state index contributed by atoms with van der Waals surface area (Å²) in [5.74, 6) is 0.391. The number of nitrogens with zero attached hydrogens (tertiary/aromatic N) is 4. The molecule has 3 rings (SSSR count). The van der Waals surface area contributed by atoms with Crippen LogP contribution in [0.5, 0.6) is 0 Å². The van der Waals surface area contributed by atoms with E-state index in [9.17, 15) is 4.79 Å². The van der Waals surface area contributed by atoms with Crippen molar-refractivity contribution >= 4 is 17.2 Å². The SMILES string of the molecule is Cc1ncncc1C(=O)N1CCC[C@H](c2nccs2)C1. The molecule has 6 heteroatoms. The van der Waals surface area contributed by atoms with Crippen LogP contribution in [0.15, 0.2) is 24.1 Å². The van der Waals surface area contributed by atoms with Crippen LogP contribution in [-0.4, -0.2) is 38.8 Å². The van der Waals surface area contributed by atoms with Gasteiger partial charge in [-0.05, 0) is 19.8 Å². The maximum absolute atomic E-state index is 12.6. The molecule has 104 valence electrons. The van der Waals surface area contributed by atoms with E-state index in [1.165, 1.54) is 6.33 Å². The summed E-state index contributed by atoms with van der Waals surface area (Å²) < 4.78 is 0. The molecule has 2 aromatic rings. The number of amides is 1. The second kappa shape index (κ2) is 5.66. The van der Waals surface area contributed by atoms with E-state index in [2.05, 4.69) is 15.0 Å². The smallest absolute Gasteiger partial charge is 0.257 e. The first-order valence-corrected chi connectivity index (χ1v) is 7.59. The standard InChI is InChI=1S/C14H16N4OS/c1-10-12(7-15-9-17-10)14(19)18-5-2-3-11(8-18)13-16-4-6-20-13/h4,6-7,9,11H,2-3,5,8H2,1H3/t11-/m0/s1. The topological polar surface area (TPSA) is 59.0 Å². The number of carbonyl (C=O) groups is 1. The Bertz CT molecular complexity index is 599. The fourth-order valence-electron chi connectivity index (χ4n) is 2.57. The molecule has 0 N–H and O–H groups in total. The molecule has 0 bridgehead atoms. The second-order valence-corrected chi connectivity index (χ2v) is 5.91. The van der Waals surface area contributed by atoms with Crippen LogP contribution in [0, 0.1) is 6.92 Å². The molecule has 0 unspecified atom stereocenters. The van der Waals surface area contributed by atoms with Crippen LogP contribution in [0.2, 0.25) is 0 Å². The number of aromatic nitrogens is 3. The van der Waals surface area contributed by atoms with Crippen LogP contribution in [0.25, 0.3) is 0 Å². The van der Waals surface area contributed by atoms with E-state index in [-0.39, 0.29) is 5.91 Å². The van der Waals surface area contributed by atoms with Gasteiger partial charge in [-0.2, -0.15) is 0 Å². The van der Waals surface area contributed by atoms with Gasteiger partial charge in [0.25, 0.3) is 5.91 Å². The molecule has 2 aromatic heterocycles. The predicted octanol–water partition coefficient (Wildman–Crippen LogP) is 2.26. The highest BCUT2D eigenvalue weighted by atomic mass is 32.1. The van der Waals surface area contributed by atoms with E-state index in [0.29, 0.717) is 11.5 Å². The van der Waals surface area contributed by atoms with E-state index >= 15 is 0 Å². The molecule has 0 spiro atoms. The Balaban J connectivity index is 1.77. The molecule has 0 aliphatic carbocycles. The van der Waals surface area contributed by atoms with Gasteiger partial charge in [0.2, 0.25) is 0 Å². The van der Waals surface area contributed by atoms with Gasteiger partial charge in [0.05, 0.1) is 16.3 Å². The Labute approximate surface area is 121 Å². The number of carbonyl (C=O) groups excluding carboxylic acids is 1. The van der Waals surface area contributed by atoms with Gasteiger partial charge < -0.3 is 4.90 Å². The highest BCUT2D eigenvalue weighted by Crippen LogP contribution is 2.28. The van der Waals surface area contributed by atoms with Crippen molar-refractivity contribution in [1.82, 2.24) is 19.9 Å². The second-order valence-electron chi connectivity index (χ2n) is 4.98. The van der Waals surface area contributed by atoms with Crippen LogP contribution in [0.3, 0.4) is 0 Å². The molecule has 1 saturated heterocycles. The van der Waals surface area contributed by atoms with E-state index in [1.807, 2.05) is 23.4 Å². The monoisotopic (exact) mass is 288 g/mol. The predicted molar refractivity (Wildman–Crippen MR) is 76.8 cm³/mol. The van der Waals surface area contributed by atoms with Crippen LogP contribution >= 0.6 is 11.3 Å². The molecule has 1 aliphatic rings. The van der Waals surface area contributed by atoms with E-state index < -0.39 is 0 Å². The first-order valence-electron chi connectivity index (χ1n) is 6.71. The molecule has 0 radical (unpaired) electrons. The number of hydrogen-bond donors (Lipinski definition) is 0. The minimum absolute atomic E-state index is 0.0318. The van der Waals surface area contributed by atoms with Crippen molar-refractivity contribution in [3.05, 3.63) is 40.4 Å². The van der Waals surface area contributed by atoms with E-state index in [4.69, 9.17) is 0 Å². The average molecular weight is 288 g/mol. The third kappa shape index (κ3) is 2.56. The van der Waals surface area contributed by atoms with Crippen molar-refractivity contribution in [2.24, 2.45) is 0 Å². The maximum Gasteiger partial charge on any atom is 0.257 e. The van der Waals surface area contributed by atoms with Gasteiger partial charge in [-0.1, -0.05) is 0 Å². The van der Waals surface area contributed by atoms with Crippen molar-refractivity contribution in [3.63, 3.8) is 0 Å². The Morgan fingerprint density at radius 1 is 1.45 bits per heavy atom. The molecule has 1 aliphatic heterocycles. The molecular weight excluding hydrogens is 272 g/mol. The number of thiazole rings is 1. The Morgan fingerprint density at radius 2 is 2.35 bits per heavy atom. The zero-order valence-electron chi connectivity index (χ0n) is 11.3. The summed E-state index contributed by atoms with van der Waals surface area (Å²) in [6, 6.07) is 0. The maximum atomic E-state index is 12.6. The lowest BCUT2D eigenvalue weighted by molar-refractivity contribution is 0.0705. The number of likely N-dealkylation sites (tertiary alicyclic amines) is 1. The van der Waals surface area contributed by atoms with Crippen molar-refractivity contribution in [2.75, 3.05) is 13.1 Å². The van der Waals surface area contributed by atoms with Crippen LogP contribution in [0.4, 0.5) is 0 Å². The van der Waals surface area contributed by atoms with Crippen LogP contribution in [-0.2, 0) is 0 Å². The van der Waals surface area contributed by atoms with Crippen LogP contribution in [0.1, 0.15) is 39.8 Å². The minimum atomic E-state index is 0.0318. The number of hydrogen-bond acceptors (Lipinski definition) is 5. The van der Waals surface area contributed by atoms with Gasteiger partial charge in [-0.15, -0.1) is 11.3 Å². The molecule has 20 heavy (non-hydrogen) atoms. The fraction of sp³-hybridized carbons (Fsp3) is 0.429. The largest absolute Gasteiger partial charge is 0.338 e. The lowest BCUT2D eigenvalue weighted by atomic mass is 9.98. The number of aryl methyl sites for hydroxylation is 1. The first-order chi connectivity index (χ1) is 9.75. The third-order valence-corrected chi connectivity index (χ3v) is 4.59. The summed E-state index contributed by atoms with van der Waals surface area (Å²) in [7, 11) is 0. The quantitative estimate of drug-likeness (QED) is 0.850. The highest BCUT2D eigenvalue weighted by Gasteiger charge is 2.27. The summed E-state index contributed by atoms with van der Waals surface area (Å²) in [5, 5.41) is 3.12.